The van der Waals surface area contributed by atoms with Crippen molar-refractivity contribution in [3.8, 4) is 0 Å². The molecule has 0 aromatic heterocycles. The maximum atomic E-state index is 14.1. The second-order valence-corrected chi connectivity index (χ2v) is 8.33. The molecular formula is C21H25F2N3O. The van der Waals surface area contributed by atoms with E-state index in [9.17, 15) is 8.78 Å². The van der Waals surface area contributed by atoms with Gasteiger partial charge in [0.2, 0.25) is 0 Å². The summed E-state index contributed by atoms with van der Waals surface area (Å²) in [7, 11) is 0. The van der Waals surface area contributed by atoms with Crippen LogP contribution in [0, 0.1) is 39.2 Å². The molecule has 4 nitrogen and oxygen atoms in total. The van der Waals surface area contributed by atoms with Crippen molar-refractivity contribution in [2.75, 3.05) is 19.7 Å². The number of halogens is 2. The van der Waals surface area contributed by atoms with Crippen molar-refractivity contribution in [1.82, 2.24) is 5.32 Å². The van der Waals surface area contributed by atoms with Crippen LogP contribution in [0.25, 0.3) is 0 Å². The van der Waals surface area contributed by atoms with Crippen molar-refractivity contribution >= 4 is 11.4 Å². The fourth-order valence-electron chi connectivity index (χ4n) is 5.56. The Kier molecular flexibility index (Phi) is 4.31. The highest BCUT2D eigenvalue weighted by molar-refractivity contribution is 6.15. The predicted octanol–water partition coefficient (Wildman–Crippen LogP) is 3.70. The first-order valence-corrected chi connectivity index (χ1v) is 9.47. The van der Waals surface area contributed by atoms with Gasteiger partial charge in [0.15, 0.2) is 0 Å². The molecule has 2 bridgehead atoms. The van der Waals surface area contributed by atoms with E-state index in [2.05, 4.69) is 19.2 Å². The Morgan fingerprint density at radius 1 is 1.30 bits per heavy atom. The zero-order valence-electron chi connectivity index (χ0n) is 15.7. The Labute approximate surface area is 158 Å². The van der Waals surface area contributed by atoms with Gasteiger partial charge in [0.1, 0.15) is 11.6 Å². The topological polar surface area (TPSA) is 69.0 Å². The van der Waals surface area contributed by atoms with Gasteiger partial charge in [0, 0.05) is 24.2 Å². The molecule has 2 aliphatic carbocycles. The number of allylic oxidation sites excluding steroid dienone is 2. The van der Waals surface area contributed by atoms with E-state index in [-0.39, 0.29) is 28.7 Å². The summed E-state index contributed by atoms with van der Waals surface area (Å²) in [6.45, 7) is 6.45. The summed E-state index contributed by atoms with van der Waals surface area (Å²) < 4.78 is 34.2. The van der Waals surface area contributed by atoms with Crippen LogP contribution in [-0.2, 0) is 4.74 Å². The molecule has 1 aromatic rings. The minimum atomic E-state index is -0.750. The lowest BCUT2D eigenvalue weighted by molar-refractivity contribution is -0.0621. The molecule has 0 radical (unpaired) electrons. The summed E-state index contributed by atoms with van der Waals surface area (Å²) in [5.74, 6) is -1.41. The van der Waals surface area contributed by atoms with Gasteiger partial charge in [-0.2, -0.15) is 0 Å². The minimum absolute atomic E-state index is 0.0886. The fraction of sp³-hybridized carbons (Fsp3) is 0.524. The molecule has 2 saturated carbocycles. The maximum absolute atomic E-state index is 14.1. The molecule has 3 aliphatic rings. The Morgan fingerprint density at radius 3 is 2.63 bits per heavy atom. The molecule has 6 heteroatoms. The van der Waals surface area contributed by atoms with Gasteiger partial charge < -0.3 is 20.9 Å². The molecule has 3 atom stereocenters. The molecule has 0 amide bonds. The van der Waals surface area contributed by atoms with Gasteiger partial charge in [0.25, 0.3) is 0 Å². The Morgan fingerprint density at radius 2 is 2.00 bits per heavy atom. The van der Waals surface area contributed by atoms with Gasteiger partial charge in [-0.3, -0.25) is 0 Å². The van der Waals surface area contributed by atoms with Gasteiger partial charge in [-0.15, -0.1) is 0 Å². The smallest absolute Gasteiger partial charge is 0.135 e. The third kappa shape index (κ3) is 2.46. The van der Waals surface area contributed by atoms with E-state index in [1.807, 2.05) is 0 Å². The van der Waals surface area contributed by atoms with Crippen LogP contribution in [0.15, 0.2) is 29.8 Å². The summed E-state index contributed by atoms with van der Waals surface area (Å²) in [5, 5.41) is 20.6. The van der Waals surface area contributed by atoms with Crippen molar-refractivity contribution in [3.63, 3.8) is 0 Å². The molecule has 1 aliphatic heterocycles. The van der Waals surface area contributed by atoms with Crippen LogP contribution in [0.1, 0.15) is 32.3 Å². The number of hydrogen-bond acceptors (Lipinski definition) is 4. The fourth-order valence-corrected chi connectivity index (χ4v) is 5.56. The van der Waals surface area contributed by atoms with Gasteiger partial charge >= 0.3 is 0 Å². The van der Waals surface area contributed by atoms with Crippen LogP contribution in [0.2, 0.25) is 0 Å². The van der Waals surface area contributed by atoms with Crippen molar-refractivity contribution in [2.24, 2.45) is 16.7 Å². The number of fused-ring (bicyclic) bond motifs is 2. The number of nitrogens with one attached hydrogen (secondary N) is 3. The highest BCUT2D eigenvalue weighted by atomic mass is 19.1. The highest BCUT2D eigenvalue weighted by Crippen LogP contribution is 2.67. The molecular weight excluding hydrogens is 348 g/mol. The molecule has 27 heavy (non-hydrogen) atoms. The van der Waals surface area contributed by atoms with E-state index in [1.54, 1.807) is 0 Å². The Hall–Kier alpha value is -1.92. The van der Waals surface area contributed by atoms with Gasteiger partial charge in [-0.25, -0.2) is 8.78 Å². The minimum Gasteiger partial charge on any atom is -0.375 e. The van der Waals surface area contributed by atoms with E-state index in [0.717, 1.165) is 37.1 Å². The molecule has 1 heterocycles. The van der Waals surface area contributed by atoms with Crippen LogP contribution in [0.4, 0.5) is 8.78 Å². The monoisotopic (exact) mass is 373 g/mol. The number of hydrogen-bond donors (Lipinski definition) is 3. The van der Waals surface area contributed by atoms with Gasteiger partial charge in [0.05, 0.1) is 24.0 Å². The quantitative estimate of drug-likeness (QED) is 0.707. The summed E-state index contributed by atoms with van der Waals surface area (Å²) in [6, 6.07) is 3.61. The summed E-state index contributed by atoms with van der Waals surface area (Å²) in [6.07, 6.45) is 3.18. The molecule has 3 fully saturated rings. The third-order valence-corrected chi connectivity index (χ3v) is 6.97. The third-order valence-electron chi connectivity index (χ3n) is 6.97. The zero-order chi connectivity index (χ0) is 19.4. The Bertz CT molecular complexity index is 822. The number of morpholine rings is 1. The lowest BCUT2D eigenvalue weighted by Gasteiger charge is -2.45. The van der Waals surface area contributed by atoms with Crippen molar-refractivity contribution in [1.29, 1.82) is 10.8 Å². The maximum Gasteiger partial charge on any atom is 0.135 e. The van der Waals surface area contributed by atoms with Gasteiger partial charge in [-0.05, 0) is 48.0 Å². The number of ether oxygens (including phenoxy) is 1. The summed E-state index contributed by atoms with van der Waals surface area (Å²) in [5.41, 5.74) is 0.0279. The second-order valence-electron chi connectivity index (χ2n) is 8.33. The lowest BCUT2D eigenvalue weighted by atomic mass is 9.64. The first-order chi connectivity index (χ1) is 12.8. The average molecular weight is 373 g/mol. The first-order valence-electron chi connectivity index (χ1n) is 9.47. The van der Waals surface area contributed by atoms with Crippen LogP contribution >= 0.6 is 0 Å². The Balaban J connectivity index is 1.74. The molecule has 4 rings (SSSR count). The van der Waals surface area contributed by atoms with E-state index in [1.165, 1.54) is 12.1 Å². The van der Waals surface area contributed by atoms with E-state index < -0.39 is 17.0 Å². The largest absolute Gasteiger partial charge is 0.375 e. The van der Waals surface area contributed by atoms with Crippen LogP contribution < -0.4 is 5.32 Å². The van der Waals surface area contributed by atoms with Gasteiger partial charge in [-0.1, -0.05) is 19.9 Å². The predicted molar refractivity (Wildman–Crippen MR) is 101 cm³/mol. The molecule has 3 N–H and O–H groups in total. The highest BCUT2D eigenvalue weighted by Gasteiger charge is 2.67. The lowest BCUT2D eigenvalue weighted by Crippen LogP contribution is -2.54. The molecule has 1 aromatic carbocycles. The molecule has 1 saturated heterocycles. The van der Waals surface area contributed by atoms with E-state index in [0.29, 0.717) is 18.9 Å². The van der Waals surface area contributed by atoms with E-state index >= 15 is 0 Å². The molecule has 0 spiro atoms. The van der Waals surface area contributed by atoms with Crippen molar-refractivity contribution in [2.45, 2.75) is 32.8 Å². The van der Waals surface area contributed by atoms with Crippen LogP contribution in [0.5, 0.6) is 0 Å². The normalized spacial score (nSPS) is 33.6. The number of rotatable bonds is 3. The van der Waals surface area contributed by atoms with Crippen molar-refractivity contribution in [3.05, 3.63) is 47.0 Å². The number of benzene rings is 1. The van der Waals surface area contributed by atoms with Crippen molar-refractivity contribution < 1.29 is 13.5 Å². The summed E-state index contributed by atoms with van der Waals surface area (Å²) in [4.78, 5) is 0. The standard InChI is InChI=1S/C21H25F2N3O/c1-20(2)13-6-7-21(20,17-11-26-8-9-27-17)19(25)12(13)10-16(24)18-14(22)4-3-5-15(18)23/h3-5,10,13,17,24-26H,6-9,11H2,1-2H3/b12-10-,24-16?,25-19?/t13-,17+,21-/m0/s1. The average Bonchev–Trinajstić information content (AvgIpc) is 2.98. The SMILES string of the molecule is CC1(C)[C@H]2CC[C@]1([C@H]1CNCCO1)C(=N)/C2=C\C(=N)c1c(F)cccc1F. The summed E-state index contributed by atoms with van der Waals surface area (Å²) >= 11 is 0. The van der Waals surface area contributed by atoms with Crippen LogP contribution in [0.3, 0.4) is 0 Å². The second kappa shape index (κ2) is 6.31. The van der Waals surface area contributed by atoms with Crippen LogP contribution in [-0.4, -0.2) is 37.2 Å². The molecule has 144 valence electrons. The van der Waals surface area contributed by atoms with E-state index in [4.69, 9.17) is 15.6 Å². The zero-order valence-corrected chi connectivity index (χ0v) is 15.7. The molecule has 0 unspecified atom stereocenters. The first kappa shape index (κ1) is 18.4.